The minimum absolute atomic E-state index is 0.0914. The number of likely N-dealkylation sites (N-methyl/N-ethyl adjacent to an activating group) is 1. The van der Waals surface area contributed by atoms with Gasteiger partial charge in [-0.1, -0.05) is 5.16 Å². The normalized spacial score (nSPS) is 15.5. The van der Waals surface area contributed by atoms with Gasteiger partial charge in [0.15, 0.2) is 0 Å². The summed E-state index contributed by atoms with van der Waals surface area (Å²) in [7, 11) is 1.44. The summed E-state index contributed by atoms with van der Waals surface area (Å²) >= 11 is 0. The van der Waals surface area contributed by atoms with E-state index in [4.69, 9.17) is 9.63 Å². The van der Waals surface area contributed by atoms with E-state index in [1.165, 1.54) is 20.9 Å². The molecule has 1 N–H and O–H groups in total. The number of aliphatic carboxylic acids is 1. The van der Waals surface area contributed by atoms with E-state index in [1.807, 2.05) is 0 Å². The molecule has 1 heterocycles. The van der Waals surface area contributed by atoms with E-state index in [0.29, 0.717) is 5.92 Å². The van der Waals surface area contributed by atoms with Crippen LogP contribution in [-0.4, -0.2) is 39.6 Å². The molecular formula is C12H16N2O4. The van der Waals surface area contributed by atoms with E-state index >= 15 is 0 Å². The predicted molar refractivity (Wildman–Crippen MR) is 62.3 cm³/mol. The number of hydrogen-bond acceptors (Lipinski definition) is 4. The van der Waals surface area contributed by atoms with Crippen LogP contribution in [0.5, 0.6) is 0 Å². The van der Waals surface area contributed by atoms with Crippen molar-refractivity contribution in [1.29, 1.82) is 0 Å². The molecule has 0 aromatic carbocycles. The minimum Gasteiger partial charge on any atom is -0.480 e. The number of rotatable bonds is 4. The van der Waals surface area contributed by atoms with Crippen molar-refractivity contribution in [2.24, 2.45) is 0 Å². The van der Waals surface area contributed by atoms with Crippen LogP contribution in [0.2, 0.25) is 0 Å². The highest BCUT2D eigenvalue weighted by Gasteiger charge is 2.37. The molecule has 1 saturated carbocycles. The second-order valence-corrected chi connectivity index (χ2v) is 5.12. The molecule has 0 bridgehead atoms. The summed E-state index contributed by atoms with van der Waals surface area (Å²) in [5.74, 6) is -1.05. The van der Waals surface area contributed by atoms with Gasteiger partial charge < -0.3 is 14.5 Å². The Morgan fingerprint density at radius 1 is 1.50 bits per heavy atom. The third-order valence-corrected chi connectivity index (χ3v) is 3.40. The van der Waals surface area contributed by atoms with Gasteiger partial charge >= 0.3 is 5.97 Å². The summed E-state index contributed by atoms with van der Waals surface area (Å²) in [6.07, 6.45) is 2.13. The number of hydrogen-bond donors (Lipinski definition) is 1. The van der Waals surface area contributed by atoms with E-state index in [-0.39, 0.29) is 5.76 Å². The number of nitrogens with zero attached hydrogens (tertiary/aromatic N) is 2. The van der Waals surface area contributed by atoms with Crippen LogP contribution >= 0.6 is 0 Å². The van der Waals surface area contributed by atoms with Crippen molar-refractivity contribution in [3.05, 3.63) is 17.5 Å². The van der Waals surface area contributed by atoms with Crippen LogP contribution in [-0.2, 0) is 4.79 Å². The summed E-state index contributed by atoms with van der Waals surface area (Å²) in [6, 6.07) is 1.61. The lowest BCUT2D eigenvalue weighted by Crippen LogP contribution is -2.50. The fourth-order valence-electron chi connectivity index (χ4n) is 1.52. The molecule has 1 amide bonds. The Hall–Kier alpha value is -1.85. The average Bonchev–Trinajstić information content (AvgIpc) is 3.05. The molecule has 1 aromatic heterocycles. The maximum atomic E-state index is 12.1. The molecule has 0 aliphatic heterocycles. The predicted octanol–water partition coefficient (Wildman–Crippen LogP) is 1.49. The Morgan fingerprint density at radius 3 is 2.61 bits per heavy atom. The van der Waals surface area contributed by atoms with Gasteiger partial charge in [-0.15, -0.1) is 0 Å². The smallest absolute Gasteiger partial charge is 0.329 e. The zero-order valence-corrected chi connectivity index (χ0v) is 10.6. The van der Waals surface area contributed by atoms with E-state index < -0.39 is 17.4 Å². The molecule has 6 nitrogen and oxygen atoms in total. The van der Waals surface area contributed by atoms with E-state index in [2.05, 4.69) is 5.16 Å². The summed E-state index contributed by atoms with van der Waals surface area (Å²) in [6.45, 7) is 2.93. The Labute approximate surface area is 105 Å². The molecule has 18 heavy (non-hydrogen) atoms. The number of amides is 1. The molecule has 1 aliphatic rings. The molecule has 0 radical (unpaired) electrons. The molecule has 0 atom stereocenters. The lowest BCUT2D eigenvalue weighted by atomic mass is 10.0. The van der Waals surface area contributed by atoms with E-state index in [1.54, 1.807) is 6.07 Å². The van der Waals surface area contributed by atoms with E-state index in [0.717, 1.165) is 23.4 Å². The number of carbonyl (C=O) groups is 2. The monoisotopic (exact) mass is 252 g/mol. The van der Waals surface area contributed by atoms with Gasteiger partial charge in [-0.25, -0.2) is 4.79 Å². The molecular weight excluding hydrogens is 236 g/mol. The third-order valence-electron chi connectivity index (χ3n) is 3.40. The topological polar surface area (TPSA) is 83.6 Å². The molecule has 1 aromatic rings. The lowest BCUT2D eigenvalue weighted by molar-refractivity contribution is -0.147. The Morgan fingerprint density at radius 2 is 2.11 bits per heavy atom. The molecule has 98 valence electrons. The van der Waals surface area contributed by atoms with Gasteiger partial charge in [-0.05, 0) is 26.7 Å². The van der Waals surface area contributed by atoms with Crippen LogP contribution in [0.1, 0.15) is 48.9 Å². The largest absolute Gasteiger partial charge is 0.480 e. The summed E-state index contributed by atoms with van der Waals surface area (Å²) in [5, 5.41) is 12.9. The first-order chi connectivity index (χ1) is 8.34. The van der Waals surface area contributed by atoms with Crippen LogP contribution in [0.15, 0.2) is 10.6 Å². The van der Waals surface area contributed by atoms with Gasteiger partial charge in [0.1, 0.15) is 5.54 Å². The molecule has 2 rings (SSSR count). The van der Waals surface area contributed by atoms with Crippen LogP contribution in [0.25, 0.3) is 0 Å². The maximum absolute atomic E-state index is 12.1. The van der Waals surface area contributed by atoms with Crippen molar-refractivity contribution in [2.45, 2.75) is 38.1 Å². The van der Waals surface area contributed by atoms with Crippen LogP contribution < -0.4 is 0 Å². The maximum Gasteiger partial charge on any atom is 0.329 e. The van der Waals surface area contributed by atoms with Crippen LogP contribution in [0, 0.1) is 0 Å². The second-order valence-electron chi connectivity index (χ2n) is 5.12. The SMILES string of the molecule is CN(C(=O)c1cc(C2CC2)no1)C(C)(C)C(=O)O. The molecule has 0 saturated heterocycles. The van der Waals surface area contributed by atoms with Crippen molar-refractivity contribution in [1.82, 2.24) is 10.1 Å². The van der Waals surface area contributed by atoms with Crippen LogP contribution in [0.4, 0.5) is 0 Å². The average molecular weight is 252 g/mol. The highest BCUT2D eigenvalue weighted by Crippen LogP contribution is 2.39. The number of carboxylic acid groups (broad SMARTS) is 1. The molecule has 6 heteroatoms. The fraction of sp³-hybridized carbons (Fsp3) is 0.583. The Balaban J connectivity index is 2.16. The van der Waals surface area contributed by atoms with Gasteiger partial charge in [-0.3, -0.25) is 4.79 Å². The number of aromatic nitrogens is 1. The second kappa shape index (κ2) is 4.12. The number of carbonyl (C=O) groups excluding carboxylic acids is 1. The lowest BCUT2D eigenvalue weighted by Gasteiger charge is -2.30. The van der Waals surface area contributed by atoms with Gasteiger partial charge in [0.05, 0.1) is 5.69 Å². The first-order valence-electron chi connectivity index (χ1n) is 5.82. The molecule has 1 aliphatic carbocycles. The van der Waals surface area contributed by atoms with Crippen molar-refractivity contribution >= 4 is 11.9 Å². The highest BCUT2D eigenvalue weighted by molar-refractivity contribution is 5.95. The van der Waals surface area contributed by atoms with Gasteiger partial charge in [0, 0.05) is 19.0 Å². The van der Waals surface area contributed by atoms with Crippen molar-refractivity contribution in [3.8, 4) is 0 Å². The minimum atomic E-state index is -1.29. The molecule has 1 fully saturated rings. The summed E-state index contributed by atoms with van der Waals surface area (Å²) in [4.78, 5) is 24.3. The van der Waals surface area contributed by atoms with E-state index in [9.17, 15) is 9.59 Å². The summed E-state index contributed by atoms with van der Waals surface area (Å²) in [5.41, 5.74) is -0.510. The fourth-order valence-corrected chi connectivity index (χ4v) is 1.52. The summed E-state index contributed by atoms with van der Waals surface area (Å²) < 4.78 is 4.99. The number of carboxylic acids is 1. The van der Waals surface area contributed by atoms with Crippen molar-refractivity contribution in [3.63, 3.8) is 0 Å². The zero-order chi connectivity index (χ0) is 13.5. The standard InChI is InChI=1S/C12H16N2O4/c1-12(2,11(16)17)14(3)10(15)9-6-8(13-18-9)7-4-5-7/h6-7H,4-5H2,1-3H3,(H,16,17). The van der Waals surface area contributed by atoms with Crippen molar-refractivity contribution in [2.75, 3.05) is 7.05 Å². The highest BCUT2D eigenvalue weighted by atomic mass is 16.5. The molecule has 0 unspecified atom stereocenters. The third kappa shape index (κ3) is 2.10. The zero-order valence-electron chi connectivity index (χ0n) is 10.6. The van der Waals surface area contributed by atoms with Gasteiger partial charge in [-0.2, -0.15) is 0 Å². The Bertz CT molecular complexity index is 488. The quantitative estimate of drug-likeness (QED) is 0.877. The first kappa shape index (κ1) is 12.6. The molecule has 0 spiro atoms. The van der Waals surface area contributed by atoms with Gasteiger partial charge in [0.25, 0.3) is 5.91 Å². The van der Waals surface area contributed by atoms with Gasteiger partial charge in [0.2, 0.25) is 5.76 Å². The van der Waals surface area contributed by atoms with Crippen LogP contribution in [0.3, 0.4) is 0 Å². The van der Waals surface area contributed by atoms with Crippen molar-refractivity contribution < 1.29 is 19.2 Å². The Kier molecular flexibility index (Phi) is 2.88. The first-order valence-corrected chi connectivity index (χ1v) is 5.82.